The van der Waals surface area contributed by atoms with Crippen LogP contribution in [-0.2, 0) is 25.6 Å². The Labute approximate surface area is 167 Å². The fourth-order valence-electron chi connectivity index (χ4n) is 2.39. The van der Waals surface area contributed by atoms with Gasteiger partial charge in [-0.15, -0.1) is 0 Å². The van der Waals surface area contributed by atoms with Crippen LogP contribution in [0.4, 0.5) is 0 Å². The molecule has 1 heterocycles. The number of methoxy groups -OCH3 is 1. The van der Waals surface area contributed by atoms with Crippen LogP contribution in [-0.4, -0.2) is 53.5 Å². The van der Waals surface area contributed by atoms with Crippen LogP contribution in [0.15, 0.2) is 34.2 Å². The number of aromatic nitrogens is 2. The van der Waals surface area contributed by atoms with Gasteiger partial charge in [0.15, 0.2) is 5.16 Å². The second-order valence-electron chi connectivity index (χ2n) is 6.29. The highest BCUT2D eigenvalue weighted by Gasteiger charge is 2.15. The van der Waals surface area contributed by atoms with E-state index in [4.69, 9.17) is 4.74 Å². The normalized spacial score (nSPS) is 11.0. The molecule has 0 aliphatic rings. The molecule has 0 aliphatic carbocycles. The molecule has 1 amide bonds. The van der Waals surface area contributed by atoms with E-state index in [9.17, 15) is 14.4 Å². The van der Waals surface area contributed by atoms with E-state index < -0.39 is 5.97 Å². The first-order valence-electron chi connectivity index (χ1n) is 9.00. The summed E-state index contributed by atoms with van der Waals surface area (Å²) in [6.45, 7) is 4.74. The predicted molar refractivity (Wildman–Crippen MR) is 107 cm³/mol. The van der Waals surface area contributed by atoms with Gasteiger partial charge in [0.2, 0.25) is 5.91 Å². The van der Waals surface area contributed by atoms with Crippen molar-refractivity contribution in [2.45, 2.75) is 38.1 Å². The number of amides is 1. The summed E-state index contributed by atoms with van der Waals surface area (Å²) in [7, 11) is 1.26. The first-order valence-corrected chi connectivity index (χ1v) is 9.98. The Morgan fingerprint density at radius 3 is 2.75 bits per heavy atom. The van der Waals surface area contributed by atoms with E-state index in [1.807, 2.05) is 13.8 Å². The number of ether oxygens (including phenoxy) is 2. The molecular formula is C19H25N3O5S. The summed E-state index contributed by atoms with van der Waals surface area (Å²) in [5.41, 5.74) is 0.173. The number of hydrogen-bond donors (Lipinski definition) is 1. The summed E-state index contributed by atoms with van der Waals surface area (Å²) in [5.74, 6) is -0.658. The molecule has 8 nitrogen and oxygen atoms in total. The number of nitrogens with zero attached hydrogens (tertiary/aromatic N) is 2. The number of esters is 1. The minimum atomic E-state index is -0.560. The van der Waals surface area contributed by atoms with Gasteiger partial charge in [0.05, 0.1) is 29.9 Å². The summed E-state index contributed by atoms with van der Waals surface area (Å²) >= 11 is 1.11. The van der Waals surface area contributed by atoms with E-state index >= 15 is 0 Å². The molecule has 28 heavy (non-hydrogen) atoms. The highest BCUT2D eigenvalue weighted by atomic mass is 32.2. The Morgan fingerprint density at radius 1 is 1.29 bits per heavy atom. The zero-order chi connectivity index (χ0) is 20.5. The van der Waals surface area contributed by atoms with Gasteiger partial charge in [-0.25, -0.2) is 4.98 Å². The maximum absolute atomic E-state index is 12.7. The van der Waals surface area contributed by atoms with E-state index in [-0.39, 0.29) is 29.9 Å². The smallest absolute Gasteiger partial charge is 0.325 e. The van der Waals surface area contributed by atoms with Crippen LogP contribution in [0.2, 0.25) is 0 Å². The predicted octanol–water partition coefficient (Wildman–Crippen LogP) is 1.59. The van der Waals surface area contributed by atoms with Gasteiger partial charge >= 0.3 is 5.97 Å². The Kier molecular flexibility index (Phi) is 8.46. The molecule has 1 aromatic heterocycles. The largest absolute Gasteiger partial charge is 0.468 e. The van der Waals surface area contributed by atoms with Gasteiger partial charge in [-0.2, -0.15) is 0 Å². The number of hydrogen-bond acceptors (Lipinski definition) is 7. The number of rotatable bonds is 10. The number of fused-ring (bicyclic) bond motifs is 1. The van der Waals surface area contributed by atoms with Crippen molar-refractivity contribution in [1.29, 1.82) is 0 Å². The second-order valence-corrected chi connectivity index (χ2v) is 7.23. The molecule has 0 saturated heterocycles. The maximum atomic E-state index is 12.7. The molecule has 2 rings (SSSR count). The van der Waals surface area contributed by atoms with Gasteiger partial charge in [0.25, 0.3) is 5.56 Å². The quantitative estimate of drug-likeness (QED) is 0.276. The molecule has 0 saturated carbocycles. The van der Waals surface area contributed by atoms with Crippen molar-refractivity contribution < 1.29 is 19.1 Å². The Balaban J connectivity index is 2.06. The monoisotopic (exact) mass is 407 g/mol. The zero-order valence-corrected chi connectivity index (χ0v) is 17.1. The van der Waals surface area contributed by atoms with Crippen molar-refractivity contribution in [3.63, 3.8) is 0 Å². The number of thioether (sulfide) groups is 1. The lowest BCUT2D eigenvalue weighted by Gasteiger charge is -2.12. The van der Waals surface area contributed by atoms with Crippen molar-refractivity contribution >= 4 is 34.5 Å². The van der Waals surface area contributed by atoms with Crippen LogP contribution in [0.5, 0.6) is 0 Å². The summed E-state index contributed by atoms with van der Waals surface area (Å²) in [4.78, 5) is 40.9. The minimum absolute atomic E-state index is 0.0803. The molecule has 0 fully saturated rings. The van der Waals surface area contributed by atoms with E-state index in [0.717, 1.165) is 18.2 Å². The van der Waals surface area contributed by atoms with Crippen LogP contribution in [0.3, 0.4) is 0 Å². The van der Waals surface area contributed by atoms with Gasteiger partial charge in [-0.3, -0.25) is 19.0 Å². The average Bonchev–Trinajstić information content (AvgIpc) is 2.68. The lowest BCUT2D eigenvalue weighted by Crippen LogP contribution is -2.29. The van der Waals surface area contributed by atoms with Gasteiger partial charge in [0.1, 0.15) is 6.54 Å². The third kappa shape index (κ3) is 6.35. The highest BCUT2D eigenvalue weighted by molar-refractivity contribution is 7.99. The summed E-state index contributed by atoms with van der Waals surface area (Å²) in [6.07, 6.45) is 0.882. The van der Waals surface area contributed by atoms with E-state index in [0.29, 0.717) is 29.2 Å². The molecule has 0 aliphatic heterocycles. The molecule has 0 spiro atoms. The fourth-order valence-corrected chi connectivity index (χ4v) is 3.22. The molecule has 0 radical (unpaired) electrons. The van der Waals surface area contributed by atoms with Crippen molar-refractivity contribution in [2.24, 2.45) is 0 Å². The summed E-state index contributed by atoms with van der Waals surface area (Å²) in [6, 6.07) is 6.88. The third-order valence-electron chi connectivity index (χ3n) is 3.77. The SMILES string of the molecule is COC(=O)Cn1c(SCC(=O)NCCCOC(C)C)nc2ccccc2c1=O. The number of para-hydroxylation sites is 1. The summed E-state index contributed by atoms with van der Waals surface area (Å²) < 4.78 is 11.3. The second kappa shape index (κ2) is 10.8. The van der Waals surface area contributed by atoms with Crippen LogP contribution in [0.25, 0.3) is 10.9 Å². The molecule has 9 heteroatoms. The first kappa shape index (κ1) is 21.9. The van der Waals surface area contributed by atoms with Crippen LogP contribution in [0, 0.1) is 0 Å². The van der Waals surface area contributed by atoms with Crippen LogP contribution in [0.1, 0.15) is 20.3 Å². The molecule has 0 unspecified atom stereocenters. The lowest BCUT2D eigenvalue weighted by atomic mass is 10.2. The summed E-state index contributed by atoms with van der Waals surface area (Å²) in [5, 5.41) is 3.51. The van der Waals surface area contributed by atoms with Crippen LogP contribution >= 0.6 is 11.8 Å². The molecule has 0 atom stereocenters. The average molecular weight is 407 g/mol. The first-order chi connectivity index (χ1) is 13.4. The Bertz CT molecular complexity index is 881. The Morgan fingerprint density at radius 2 is 2.04 bits per heavy atom. The molecule has 1 aromatic carbocycles. The van der Waals surface area contributed by atoms with Crippen molar-refractivity contribution in [3.8, 4) is 0 Å². The van der Waals surface area contributed by atoms with Crippen molar-refractivity contribution in [3.05, 3.63) is 34.6 Å². The van der Waals surface area contributed by atoms with Crippen molar-refractivity contribution in [1.82, 2.24) is 14.9 Å². The minimum Gasteiger partial charge on any atom is -0.468 e. The van der Waals surface area contributed by atoms with Crippen molar-refractivity contribution in [2.75, 3.05) is 26.0 Å². The molecular weight excluding hydrogens is 382 g/mol. The topological polar surface area (TPSA) is 99.5 Å². The number of carbonyl (C=O) groups is 2. The number of carbonyl (C=O) groups excluding carboxylic acids is 2. The molecule has 2 aromatic rings. The zero-order valence-electron chi connectivity index (χ0n) is 16.3. The highest BCUT2D eigenvalue weighted by Crippen LogP contribution is 2.17. The van der Waals surface area contributed by atoms with Gasteiger partial charge < -0.3 is 14.8 Å². The van der Waals surface area contributed by atoms with Crippen LogP contribution < -0.4 is 10.9 Å². The maximum Gasteiger partial charge on any atom is 0.325 e. The lowest BCUT2D eigenvalue weighted by molar-refractivity contribution is -0.141. The van der Waals surface area contributed by atoms with E-state index in [1.54, 1.807) is 24.3 Å². The molecule has 0 bridgehead atoms. The third-order valence-corrected chi connectivity index (χ3v) is 4.74. The molecule has 1 N–H and O–H groups in total. The fraction of sp³-hybridized carbons (Fsp3) is 0.474. The standard InChI is InChI=1S/C19H25N3O5S/c1-13(2)27-10-6-9-20-16(23)12-28-19-21-15-8-5-4-7-14(15)18(25)22(19)11-17(24)26-3/h4-5,7-8,13H,6,9-12H2,1-3H3,(H,20,23). The van der Waals surface area contributed by atoms with E-state index in [1.165, 1.54) is 11.7 Å². The van der Waals surface area contributed by atoms with E-state index in [2.05, 4.69) is 15.0 Å². The van der Waals surface area contributed by atoms with Gasteiger partial charge in [-0.1, -0.05) is 23.9 Å². The number of benzene rings is 1. The number of nitrogens with one attached hydrogen (secondary N) is 1. The van der Waals surface area contributed by atoms with Gasteiger partial charge in [-0.05, 0) is 32.4 Å². The molecule has 152 valence electrons. The Hall–Kier alpha value is -2.39. The van der Waals surface area contributed by atoms with Gasteiger partial charge in [0, 0.05) is 13.2 Å².